The number of nitrogens with one attached hydrogen (secondary N) is 1. The van der Waals surface area contributed by atoms with Crippen molar-refractivity contribution >= 4 is 41.9 Å². The number of ether oxygens (including phenoxy) is 1. The molecule has 1 N–H and O–H groups in total. The van der Waals surface area contributed by atoms with E-state index in [1.807, 2.05) is 13.8 Å². The number of hydrogen-bond donors (Lipinski definition) is 1. The van der Waals surface area contributed by atoms with Gasteiger partial charge in [-0.25, -0.2) is 13.1 Å². The average molecular weight is 381 g/mol. The molecule has 0 saturated heterocycles. The normalized spacial score (nSPS) is 13.0. The van der Waals surface area contributed by atoms with Gasteiger partial charge in [0.15, 0.2) is 0 Å². The fraction of sp³-hybridized carbons (Fsp3) is 1.00. The first kappa shape index (κ1) is 16.8. The zero-order valence-electron chi connectivity index (χ0n) is 9.63. The molecular weight excluding hydrogens is 362 g/mol. The fourth-order valence-corrected chi connectivity index (χ4v) is 4.81. The number of halogens is 2. The summed E-state index contributed by atoms with van der Waals surface area (Å²) in [5, 5.41) is 1.16. The molecule has 0 aromatic carbocycles. The standard InChI is InChI=1S/C9H19Br2NO3S/c1-3-9(7-10,8-11)12-16(13,14)6-5-15-4-2/h12H,3-8H2,1-2H3. The Bertz CT molecular complexity index is 270. The first-order valence-corrected chi connectivity index (χ1v) is 9.06. The summed E-state index contributed by atoms with van der Waals surface area (Å²) in [4.78, 5) is 0. The Balaban J connectivity index is 4.42. The highest BCUT2D eigenvalue weighted by atomic mass is 79.9. The zero-order valence-corrected chi connectivity index (χ0v) is 13.6. The number of sulfonamides is 1. The van der Waals surface area contributed by atoms with Crippen LogP contribution in [0.1, 0.15) is 20.3 Å². The molecule has 0 atom stereocenters. The Hall–Kier alpha value is 0.830. The van der Waals surface area contributed by atoms with Gasteiger partial charge in [-0.1, -0.05) is 38.8 Å². The number of hydrogen-bond acceptors (Lipinski definition) is 3. The molecule has 0 aliphatic carbocycles. The number of alkyl halides is 2. The van der Waals surface area contributed by atoms with Gasteiger partial charge in [0.2, 0.25) is 10.0 Å². The molecule has 0 amide bonds. The second kappa shape index (κ2) is 8.02. The van der Waals surface area contributed by atoms with Crippen molar-refractivity contribution in [2.45, 2.75) is 25.8 Å². The quantitative estimate of drug-likeness (QED) is 0.490. The molecule has 98 valence electrons. The third-order valence-corrected chi connectivity index (χ3v) is 5.86. The Morgan fingerprint density at radius 1 is 1.25 bits per heavy atom. The van der Waals surface area contributed by atoms with Crippen LogP contribution in [0.4, 0.5) is 0 Å². The van der Waals surface area contributed by atoms with Gasteiger partial charge in [0.25, 0.3) is 0 Å². The van der Waals surface area contributed by atoms with E-state index in [0.717, 1.165) is 6.42 Å². The summed E-state index contributed by atoms with van der Waals surface area (Å²) in [5.74, 6) is 0.00257. The molecule has 0 aliphatic rings. The predicted octanol–water partition coefficient (Wildman–Crippen LogP) is 1.88. The van der Waals surface area contributed by atoms with Crippen molar-refractivity contribution in [3.63, 3.8) is 0 Å². The monoisotopic (exact) mass is 379 g/mol. The van der Waals surface area contributed by atoms with Crippen molar-refractivity contribution < 1.29 is 13.2 Å². The maximum atomic E-state index is 11.8. The highest BCUT2D eigenvalue weighted by Gasteiger charge is 2.30. The van der Waals surface area contributed by atoms with Gasteiger partial charge < -0.3 is 4.74 Å². The predicted molar refractivity (Wildman–Crippen MR) is 74.0 cm³/mol. The lowest BCUT2D eigenvalue weighted by Gasteiger charge is -2.29. The van der Waals surface area contributed by atoms with E-state index >= 15 is 0 Å². The van der Waals surface area contributed by atoms with E-state index < -0.39 is 15.6 Å². The molecule has 0 rings (SSSR count). The molecule has 0 aromatic heterocycles. The van der Waals surface area contributed by atoms with Gasteiger partial charge in [0.1, 0.15) is 0 Å². The maximum Gasteiger partial charge on any atom is 0.214 e. The van der Waals surface area contributed by atoms with Crippen molar-refractivity contribution in [2.24, 2.45) is 0 Å². The van der Waals surface area contributed by atoms with E-state index in [1.165, 1.54) is 0 Å². The summed E-state index contributed by atoms with van der Waals surface area (Å²) in [7, 11) is -3.28. The molecule has 0 fully saturated rings. The number of rotatable bonds is 9. The van der Waals surface area contributed by atoms with Crippen LogP contribution in [0.15, 0.2) is 0 Å². The molecule has 0 heterocycles. The lowest BCUT2D eigenvalue weighted by atomic mass is 10.0. The SMILES string of the molecule is CCOCCS(=O)(=O)NC(CC)(CBr)CBr. The van der Waals surface area contributed by atoms with Crippen molar-refractivity contribution in [3.05, 3.63) is 0 Å². The molecule has 4 nitrogen and oxygen atoms in total. The minimum atomic E-state index is -3.28. The minimum Gasteiger partial charge on any atom is -0.381 e. The highest BCUT2D eigenvalue weighted by molar-refractivity contribution is 9.09. The van der Waals surface area contributed by atoms with Crippen LogP contribution in [0.25, 0.3) is 0 Å². The van der Waals surface area contributed by atoms with Crippen molar-refractivity contribution in [3.8, 4) is 0 Å². The van der Waals surface area contributed by atoms with Gasteiger partial charge in [-0.3, -0.25) is 0 Å². The minimum absolute atomic E-state index is 0.00257. The van der Waals surface area contributed by atoms with Crippen LogP contribution in [0.2, 0.25) is 0 Å². The van der Waals surface area contributed by atoms with E-state index in [-0.39, 0.29) is 12.4 Å². The van der Waals surface area contributed by atoms with Gasteiger partial charge in [0, 0.05) is 17.3 Å². The molecule has 0 saturated carbocycles. The summed E-state index contributed by atoms with van der Waals surface area (Å²) in [6.07, 6.45) is 0.720. The Kier molecular flexibility index (Phi) is 8.44. The van der Waals surface area contributed by atoms with E-state index in [2.05, 4.69) is 36.6 Å². The second-order valence-electron chi connectivity index (χ2n) is 3.52. The van der Waals surface area contributed by atoms with Gasteiger partial charge in [-0.05, 0) is 13.3 Å². The summed E-state index contributed by atoms with van der Waals surface area (Å²) in [5.41, 5.74) is -0.453. The summed E-state index contributed by atoms with van der Waals surface area (Å²) < 4.78 is 31.3. The van der Waals surface area contributed by atoms with Gasteiger partial charge in [0.05, 0.1) is 17.9 Å². The van der Waals surface area contributed by atoms with Crippen LogP contribution in [-0.4, -0.2) is 43.6 Å². The third-order valence-electron chi connectivity index (χ3n) is 2.26. The Morgan fingerprint density at radius 3 is 2.19 bits per heavy atom. The van der Waals surface area contributed by atoms with Crippen molar-refractivity contribution in [1.29, 1.82) is 0 Å². The lowest BCUT2D eigenvalue weighted by molar-refractivity contribution is 0.163. The smallest absolute Gasteiger partial charge is 0.214 e. The topological polar surface area (TPSA) is 55.4 Å². The molecule has 0 aromatic rings. The van der Waals surface area contributed by atoms with Crippen LogP contribution in [0.3, 0.4) is 0 Å². The van der Waals surface area contributed by atoms with E-state index in [1.54, 1.807) is 0 Å². The first-order chi connectivity index (χ1) is 7.45. The van der Waals surface area contributed by atoms with Crippen molar-refractivity contribution in [2.75, 3.05) is 29.6 Å². The van der Waals surface area contributed by atoms with E-state index in [9.17, 15) is 8.42 Å². The first-order valence-electron chi connectivity index (χ1n) is 5.16. The fourth-order valence-electron chi connectivity index (χ4n) is 1.05. The molecule has 0 radical (unpaired) electrons. The van der Waals surface area contributed by atoms with Crippen LogP contribution >= 0.6 is 31.9 Å². The van der Waals surface area contributed by atoms with E-state index in [0.29, 0.717) is 17.3 Å². The third kappa shape index (κ3) is 5.95. The molecular formula is C9H19Br2NO3S. The largest absolute Gasteiger partial charge is 0.381 e. The van der Waals surface area contributed by atoms with Crippen molar-refractivity contribution in [1.82, 2.24) is 4.72 Å². The van der Waals surface area contributed by atoms with Gasteiger partial charge in [-0.2, -0.15) is 0 Å². The Labute approximate surface area is 115 Å². The molecule has 0 spiro atoms. The van der Waals surface area contributed by atoms with Crippen LogP contribution < -0.4 is 4.72 Å². The maximum absolute atomic E-state index is 11.8. The average Bonchev–Trinajstić information content (AvgIpc) is 2.26. The molecule has 16 heavy (non-hydrogen) atoms. The summed E-state index contributed by atoms with van der Waals surface area (Å²) in [6.45, 7) is 4.56. The summed E-state index contributed by atoms with van der Waals surface area (Å²) in [6, 6.07) is 0. The van der Waals surface area contributed by atoms with E-state index in [4.69, 9.17) is 4.74 Å². The summed E-state index contributed by atoms with van der Waals surface area (Å²) >= 11 is 6.68. The van der Waals surface area contributed by atoms with Gasteiger partial charge in [-0.15, -0.1) is 0 Å². The second-order valence-corrected chi connectivity index (χ2v) is 6.48. The molecule has 7 heteroatoms. The van der Waals surface area contributed by atoms with Crippen LogP contribution in [0, 0.1) is 0 Å². The Morgan fingerprint density at radius 2 is 1.81 bits per heavy atom. The molecule has 0 unspecified atom stereocenters. The highest BCUT2D eigenvalue weighted by Crippen LogP contribution is 2.18. The van der Waals surface area contributed by atoms with Crippen LogP contribution in [-0.2, 0) is 14.8 Å². The lowest BCUT2D eigenvalue weighted by Crippen LogP contribution is -2.52. The molecule has 0 aliphatic heterocycles. The molecule has 0 bridgehead atoms. The zero-order chi connectivity index (χ0) is 12.7. The van der Waals surface area contributed by atoms with Crippen LogP contribution in [0.5, 0.6) is 0 Å². The van der Waals surface area contributed by atoms with Gasteiger partial charge >= 0.3 is 0 Å².